The van der Waals surface area contributed by atoms with Crippen LogP contribution in [0.3, 0.4) is 0 Å². The van der Waals surface area contributed by atoms with Gasteiger partial charge >= 0.3 is 0 Å². The number of nitrogens with zero attached hydrogens (tertiary/aromatic N) is 1. The second-order valence-electron chi connectivity index (χ2n) is 21.4. The third-order valence-electron chi connectivity index (χ3n) is 13.4. The van der Waals surface area contributed by atoms with Crippen LogP contribution in [-0.4, -0.2) is 121 Å². The van der Waals surface area contributed by atoms with E-state index < -0.39 is 57.3 Å². The minimum atomic E-state index is -4.78. The molecule has 0 aromatic heterocycles. The Kier molecular flexibility index (Phi) is 42.6. The molecule has 71 heavy (non-hydrogen) atoms. The Hall–Kier alpha value is -1.48. The lowest BCUT2D eigenvalue weighted by Gasteiger charge is -2.41. The third-order valence-corrected chi connectivity index (χ3v) is 14.4. The highest BCUT2D eigenvalue weighted by Gasteiger charge is 2.45. The maximum atomic E-state index is 13.2. The highest BCUT2D eigenvalue weighted by molar-refractivity contribution is 7.45. The fourth-order valence-corrected chi connectivity index (χ4v) is 9.42. The summed E-state index contributed by atoms with van der Waals surface area (Å²) in [6.45, 7) is 3.78. The number of aliphatic hydroxyl groups is 4. The topological polar surface area (TPSA) is 187 Å². The van der Waals surface area contributed by atoms with Crippen LogP contribution in [0.4, 0.5) is 0 Å². The van der Waals surface area contributed by atoms with Crippen molar-refractivity contribution in [1.82, 2.24) is 5.32 Å². The fourth-order valence-electron chi connectivity index (χ4n) is 8.71. The first-order valence-corrected chi connectivity index (χ1v) is 30.3. The van der Waals surface area contributed by atoms with Gasteiger partial charge in [0, 0.05) is 6.42 Å². The van der Waals surface area contributed by atoms with Gasteiger partial charge in [0.1, 0.15) is 37.6 Å². The zero-order chi connectivity index (χ0) is 52.3. The van der Waals surface area contributed by atoms with E-state index in [4.69, 9.17) is 18.5 Å². The number of unbranched alkanes of at least 4 members (excludes halogenated alkanes) is 29. The number of likely N-dealkylation sites (N-methyl/N-ethyl adjacent to an activating group) is 1. The lowest BCUT2D eigenvalue weighted by atomic mass is 9.99. The van der Waals surface area contributed by atoms with Crippen LogP contribution in [0.2, 0.25) is 0 Å². The number of hydrogen-bond donors (Lipinski definition) is 5. The number of phosphoric acid groups is 1. The molecule has 1 aliphatic rings. The molecule has 1 rings (SSSR count). The van der Waals surface area contributed by atoms with Crippen LogP contribution >= 0.6 is 7.82 Å². The summed E-state index contributed by atoms with van der Waals surface area (Å²) >= 11 is 0. The van der Waals surface area contributed by atoms with Crippen molar-refractivity contribution in [2.45, 2.75) is 275 Å². The zero-order valence-corrected chi connectivity index (χ0v) is 46.8. The van der Waals surface area contributed by atoms with E-state index in [1.165, 1.54) is 161 Å². The van der Waals surface area contributed by atoms with Gasteiger partial charge < -0.3 is 53.6 Å². The van der Waals surface area contributed by atoms with Gasteiger partial charge in [-0.3, -0.25) is 9.36 Å². The van der Waals surface area contributed by atoms with Gasteiger partial charge in [0.15, 0.2) is 6.29 Å². The van der Waals surface area contributed by atoms with Crippen LogP contribution in [0.15, 0.2) is 36.5 Å². The summed E-state index contributed by atoms with van der Waals surface area (Å²) in [6, 6.07) is -0.929. The standard InChI is InChI=1S/C57H109N2O11P/c1-6-8-10-12-14-16-18-20-22-24-25-26-27-29-31-33-35-37-39-41-43-45-53(61)58-50(51(60)44-42-40-38-36-34-32-30-28-23-21-19-17-15-13-11-9-7-2)48-67-57-56(64)55(63)54(62)52(70-57)49-69-71(65,66)68-47-46-59(3,4)5/h28,30,34,36,42,44,50-52,54-57,60,62-64H,6-27,29,31-33,35,37-41,43,45-49H2,1-5H3,(H-,58,61,65,66)/b30-28-,36-34-,44-42+/t50-,51-,52+,54-,55-,56+,57+/m0/s1. The number of aliphatic hydroxyl groups excluding tert-OH is 4. The van der Waals surface area contributed by atoms with E-state index in [9.17, 15) is 34.7 Å². The van der Waals surface area contributed by atoms with Crippen LogP contribution < -0.4 is 10.2 Å². The lowest BCUT2D eigenvalue weighted by Crippen LogP contribution is -2.60. The summed E-state index contributed by atoms with van der Waals surface area (Å²) < 4.78 is 34.3. The predicted molar refractivity (Wildman–Crippen MR) is 289 cm³/mol. The molecule has 5 N–H and O–H groups in total. The van der Waals surface area contributed by atoms with Gasteiger partial charge in [-0.2, -0.15) is 0 Å². The average molecular weight is 1030 g/mol. The second kappa shape index (κ2) is 44.8. The van der Waals surface area contributed by atoms with Crippen molar-refractivity contribution < 1.29 is 57.7 Å². The number of quaternary nitrogens is 1. The maximum Gasteiger partial charge on any atom is 0.268 e. The van der Waals surface area contributed by atoms with Gasteiger partial charge in [-0.05, 0) is 38.5 Å². The molecule has 1 heterocycles. The number of allylic oxidation sites excluding steroid dienone is 5. The molecule has 1 aliphatic heterocycles. The second-order valence-corrected chi connectivity index (χ2v) is 22.8. The summed E-state index contributed by atoms with van der Waals surface area (Å²) in [5.41, 5.74) is 0. The van der Waals surface area contributed by atoms with E-state index in [2.05, 4.69) is 43.5 Å². The first-order valence-electron chi connectivity index (χ1n) is 28.9. The van der Waals surface area contributed by atoms with Crippen LogP contribution in [0.5, 0.6) is 0 Å². The molecule has 8 atom stereocenters. The van der Waals surface area contributed by atoms with Gasteiger partial charge in [0.25, 0.3) is 7.82 Å². The molecule has 1 fully saturated rings. The van der Waals surface area contributed by atoms with Crippen LogP contribution in [0.1, 0.15) is 232 Å². The van der Waals surface area contributed by atoms with Crippen molar-refractivity contribution in [3.63, 3.8) is 0 Å². The Balaban J connectivity index is 2.57. The highest BCUT2D eigenvalue weighted by Crippen LogP contribution is 2.39. The summed E-state index contributed by atoms with van der Waals surface area (Å²) in [4.78, 5) is 25.6. The van der Waals surface area contributed by atoms with E-state index in [0.717, 1.165) is 38.5 Å². The van der Waals surface area contributed by atoms with E-state index in [1.54, 1.807) is 6.08 Å². The Morgan fingerprint density at radius 3 is 1.56 bits per heavy atom. The minimum absolute atomic E-state index is 0.122. The Bertz CT molecular complexity index is 1380. The minimum Gasteiger partial charge on any atom is -0.756 e. The number of ether oxygens (including phenoxy) is 2. The van der Waals surface area contributed by atoms with E-state index in [0.29, 0.717) is 23.9 Å². The summed E-state index contributed by atoms with van der Waals surface area (Å²) in [5, 5.41) is 46.2. The fraction of sp³-hybridized carbons (Fsp3) is 0.877. The molecule has 0 bridgehead atoms. The monoisotopic (exact) mass is 1030 g/mol. The molecule has 1 amide bonds. The molecule has 1 unspecified atom stereocenters. The van der Waals surface area contributed by atoms with E-state index in [-0.39, 0.29) is 25.5 Å². The number of rotatable bonds is 49. The summed E-state index contributed by atoms with van der Waals surface area (Å²) in [7, 11) is 0.859. The van der Waals surface area contributed by atoms with Crippen molar-refractivity contribution >= 4 is 13.7 Å². The maximum absolute atomic E-state index is 13.2. The van der Waals surface area contributed by atoms with Gasteiger partial charge in [-0.15, -0.1) is 0 Å². The molecule has 0 aliphatic carbocycles. The molecule has 418 valence electrons. The zero-order valence-electron chi connectivity index (χ0n) is 45.9. The summed E-state index contributed by atoms with van der Waals surface area (Å²) in [6.07, 6.45) is 44.2. The molecule has 1 saturated heterocycles. The smallest absolute Gasteiger partial charge is 0.268 e. The highest BCUT2D eigenvalue weighted by atomic mass is 31.2. The van der Waals surface area contributed by atoms with Crippen molar-refractivity contribution in [3.8, 4) is 0 Å². The quantitative estimate of drug-likeness (QED) is 0.0169. The first-order chi connectivity index (χ1) is 34.2. The largest absolute Gasteiger partial charge is 0.756 e. The van der Waals surface area contributed by atoms with Gasteiger partial charge in [0.05, 0.1) is 46.5 Å². The molecule has 0 aromatic carbocycles. The Morgan fingerprint density at radius 2 is 1.07 bits per heavy atom. The van der Waals surface area contributed by atoms with Gasteiger partial charge in [0.2, 0.25) is 5.91 Å². The molecule has 0 saturated carbocycles. The molecular formula is C57H109N2O11P. The number of hydrogen-bond acceptors (Lipinski definition) is 11. The van der Waals surface area contributed by atoms with Crippen LogP contribution in [0, 0.1) is 0 Å². The molecular weight excluding hydrogens is 920 g/mol. The van der Waals surface area contributed by atoms with Crippen molar-refractivity contribution in [2.75, 3.05) is 47.5 Å². The number of phosphoric ester groups is 1. The van der Waals surface area contributed by atoms with Crippen molar-refractivity contribution in [1.29, 1.82) is 0 Å². The normalized spacial score (nSPS) is 20.6. The first kappa shape index (κ1) is 67.5. The molecule has 0 radical (unpaired) electrons. The van der Waals surface area contributed by atoms with Crippen molar-refractivity contribution in [3.05, 3.63) is 36.5 Å². The lowest BCUT2D eigenvalue weighted by molar-refractivity contribution is -0.870. The third kappa shape index (κ3) is 39.6. The van der Waals surface area contributed by atoms with Crippen LogP contribution in [0.25, 0.3) is 0 Å². The molecule has 0 aromatic rings. The number of amides is 1. The average Bonchev–Trinajstić information content (AvgIpc) is 3.33. The van der Waals surface area contributed by atoms with Gasteiger partial charge in [-0.1, -0.05) is 224 Å². The van der Waals surface area contributed by atoms with Crippen molar-refractivity contribution in [2.24, 2.45) is 0 Å². The van der Waals surface area contributed by atoms with Gasteiger partial charge in [-0.25, -0.2) is 0 Å². The van der Waals surface area contributed by atoms with Crippen LogP contribution in [-0.2, 0) is 27.9 Å². The number of nitrogens with one attached hydrogen (secondary N) is 1. The number of carbonyl (C=O) groups is 1. The SMILES string of the molecule is CCCCCCCCCC/C=C\C/C=C\CC/C=C/[C@H](O)[C@H](CO[C@@H]1O[C@H](COP(=O)([O-])OCC[N+](C)(C)C)[C@H](O)[C@H](O)[C@H]1O)NC(=O)CCCCCCCCCCCCCCCCCCCCCCC. The summed E-state index contributed by atoms with van der Waals surface area (Å²) in [5.74, 6) is -0.245. The molecule has 14 heteroatoms. The Morgan fingerprint density at radius 1 is 0.620 bits per heavy atom. The Labute approximate surface area is 434 Å². The predicted octanol–water partition coefficient (Wildman–Crippen LogP) is 11.8. The number of carbonyl (C=O) groups excluding carboxylic acids is 1. The molecule has 0 spiro atoms. The molecule has 13 nitrogen and oxygen atoms in total. The van der Waals surface area contributed by atoms with E-state index in [1.807, 2.05) is 27.2 Å². The van der Waals surface area contributed by atoms with E-state index >= 15 is 0 Å².